The zero-order valence-electron chi connectivity index (χ0n) is 5.80. The number of aromatic nitrogens is 1. The fraction of sp³-hybridized carbons (Fsp3) is 0.500. The van der Waals surface area contributed by atoms with Gasteiger partial charge in [-0.15, -0.1) is 0 Å². The van der Waals surface area contributed by atoms with Gasteiger partial charge in [0, 0.05) is 4.88 Å². The van der Waals surface area contributed by atoms with Gasteiger partial charge < -0.3 is 10.3 Å². The lowest BCUT2D eigenvalue weighted by molar-refractivity contribution is 1.23. The van der Waals surface area contributed by atoms with Crippen molar-refractivity contribution >= 4 is 16.5 Å². The van der Waals surface area contributed by atoms with E-state index < -0.39 is 0 Å². The van der Waals surface area contributed by atoms with Crippen molar-refractivity contribution in [3.8, 4) is 0 Å². The van der Waals surface area contributed by atoms with Crippen molar-refractivity contribution < 1.29 is 0 Å². The summed E-state index contributed by atoms with van der Waals surface area (Å²) in [5.74, 6) is 0. The zero-order chi connectivity index (χ0) is 6.85. The molecular weight excluding hydrogens is 132 g/mol. The first-order valence-electron chi connectivity index (χ1n) is 2.78. The molecule has 0 saturated heterocycles. The standard InChI is InChI=1S/C6H9N2S/c1-4-5(2)9-6(7-3)8-4/h1-3H3/q-1. The summed E-state index contributed by atoms with van der Waals surface area (Å²) in [5, 5.41) is 4.84. The molecule has 0 spiro atoms. The Morgan fingerprint density at radius 2 is 2.11 bits per heavy atom. The molecule has 1 aromatic rings. The maximum absolute atomic E-state index is 4.18. The summed E-state index contributed by atoms with van der Waals surface area (Å²) in [6.45, 7) is 4.06. The van der Waals surface area contributed by atoms with Gasteiger partial charge in [0.1, 0.15) is 0 Å². The van der Waals surface area contributed by atoms with E-state index in [9.17, 15) is 0 Å². The lowest BCUT2D eigenvalue weighted by atomic mass is 10.4. The normalized spacial score (nSPS) is 9.67. The molecule has 0 bridgehead atoms. The van der Waals surface area contributed by atoms with Crippen LogP contribution in [0.15, 0.2) is 0 Å². The smallest absolute Gasteiger partial charge is 0.000136 e. The van der Waals surface area contributed by atoms with Gasteiger partial charge in [-0.05, 0) is 19.0 Å². The van der Waals surface area contributed by atoms with Crippen molar-refractivity contribution in [2.75, 3.05) is 7.05 Å². The van der Waals surface area contributed by atoms with E-state index in [-0.39, 0.29) is 0 Å². The van der Waals surface area contributed by atoms with Crippen LogP contribution in [0.3, 0.4) is 0 Å². The molecule has 2 nitrogen and oxygen atoms in total. The molecule has 9 heavy (non-hydrogen) atoms. The zero-order valence-corrected chi connectivity index (χ0v) is 6.62. The minimum atomic E-state index is 0.880. The number of hydrogen-bond donors (Lipinski definition) is 0. The van der Waals surface area contributed by atoms with Crippen LogP contribution in [0.25, 0.3) is 5.32 Å². The van der Waals surface area contributed by atoms with Crippen LogP contribution < -0.4 is 0 Å². The third kappa shape index (κ3) is 1.21. The van der Waals surface area contributed by atoms with E-state index in [1.807, 2.05) is 6.92 Å². The Hall–Kier alpha value is -0.570. The lowest BCUT2D eigenvalue weighted by Gasteiger charge is -1.98. The number of nitrogens with zero attached hydrogens (tertiary/aromatic N) is 2. The molecule has 0 unspecified atom stereocenters. The molecule has 50 valence electrons. The Morgan fingerprint density at radius 3 is 2.33 bits per heavy atom. The number of thiazole rings is 1. The molecule has 0 saturated carbocycles. The summed E-state index contributed by atoms with van der Waals surface area (Å²) in [5.41, 5.74) is 1.10. The highest BCUT2D eigenvalue weighted by Crippen LogP contribution is 2.25. The van der Waals surface area contributed by atoms with Crippen LogP contribution in [0.5, 0.6) is 0 Å². The van der Waals surface area contributed by atoms with Gasteiger partial charge in [0.05, 0.1) is 0 Å². The molecule has 0 aliphatic rings. The largest absolute Gasteiger partial charge is 0.460 e. The topological polar surface area (TPSA) is 27.0 Å². The van der Waals surface area contributed by atoms with Crippen LogP contribution in [0.4, 0.5) is 5.13 Å². The van der Waals surface area contributed by atoms with E-state index in [0.29, 0.717) is 0 Å². The first-order chi connectivity index (χ1) is 4.24. The molecule has 1 rings (SSSR count). The SMILES string of the molecule is C[N-]c1nc(C)c(C)s1. The molecule has 0 fully saturated rings. The Kier molecular flexibility index (Phi) is 1.71. The maximum Gasteiger partial charge on any atom is 0.000136 e. The van der Waals surface area contributed by atoms with E-state index >= 15 is 0 Å². The van der Waals surface area contributed by atoms with Gasteiger partial charge in [-0.25, -0.2) is 0 Å². The van der Waals surface area contributed by atoms with Gasteiger partial charge in [0.2, 0.25) is 0 Å². The third-order valence-corrected chi connectivity index (χ3v) is 2.27. The lowest BCUT2D eigenvalue weighted by Crippen LogP contribution is -1.70. The molecule has 0 atom stereocenters. The van der Waals surface area contributed by atoms with Gasteiger partial charge in [0.15, 0.2) is 0 Å². The van der Waals surface area contributed by atoms with Crippen molar-refractivity contribution in [3.05, 3.63) is 15.9 Å². The Labute approximate surface area is 58.9 Å². The van der Waals surface area contributed by atoms with Crippen LogP contribution in [0.2, 0.25) is 0 Å². The second kappa shape index (κ2) is 2.35. The van der Waals surface area contributed by atoms with Crippen LogP contribution in [-0.4, -0.2) is 12.0 Å². The Bertz CT molecular complexity index is 185. The van der Waals surface area contributed by atoms with E-state index in [1.165, 1.54) is 4.88 Å². The summed E-state index contributed by atoms with van der Waals surface area (Å²) >= 11 is 1.64. The Balaban J connectivity index is 2.98. The van der Waals surface area contributed by atoms with E-state index in [1.54, 1.807) is 18.4 Å². The maximum atomic E-state index is 4.18. The monoisotopic (exact) mass is 141 g/mol. The van der Waals surface area contributed by atoms with Gasteiger partial charge in [-0.3, -0.25) is 0 Å². The molecule has 0 aliphatic heterocycles. The van der Waals surface area contributed by atoms with Gasteiger partial charge in [-0.2, -0.15) is 11.3 Å². The first kappa shape index (κ1) is 6.55. The quantitative estimate of drug-likeness (QED) is 0.590. The van der Waals surface area contributed by atoms with E-state index in [4.69, 9.17) is 0 Å². The van der Waals surface area contributed by atoms with E-state index in [2.05, 4.69) is 17.2 Å². The summed E-state index contributed by atoms with van der Waals surface area (Å²) in [6.07, 6.45) is 0. The highest BCUT2D eigenvalue weighted by molar-refractivity contribution is 7.15. The number of rotatable bonds is 1. The second-order valence-corrected chi connectivity index (χ2v) is 3.04. The number of aryl methyl sites for hydroxylation is 2. The fourth-order valence-corrected chi connectivity index (χ4v) is 1.29. The van der Waals surface area contributed by atoms with Gasteiger partial charge in [0.25, 0.3) is 0 Å². The van der Waals surface area contributed by atoms with Crippen molar-refractivity contribution in [1.29, 1.82) is 0 Å². The average molecular weight is 141 g/mol. The summed E-state index contributed by atoms with van der Waals surface area (Å²) in [4.78, 5) is 5.44. The second-order valence-electron chi connectivity index (χ2n) is 1.86. The average Bonchev–Trinajstić information content (AvgIpc) is 2.13. The van der Waals surface area contributed by atoms with Crippen molar-refractivity contribution in [2.45, 2.75) is 13.8 Å². The molecular formula is C6H9N2S-. The highest BCUT2D eigenvalue weighted by atomic mass is 32.1. The number of hydrogen-bond acceptors (Lipinski definition) is 2. The van der Waals surface area contributed by atoms with Crippen LogP contribution in [0, 0.1) is 13.8 Å². The molecule has 3 heteroatoms. The molecule has 1 heterocycles. The van der Waals surface area contributed by atoms with Crippen LogP contribution in [-0.2, 0) is 0 Å². The molecule has 0 aromatic carbocycles. The predicted octanol–water partition coefficient (Wildman–Crippen LogP) is 2.39. The third-order valence-electron chi connectivity index (χ3n) is 1.21. The molecule has 0 radical (unpaired) electrons. The van der Waals surface area contributed by atoms with Crippen molar-refractivity contribution in [2.24, 2.45) is 0 Å². The van der Waals surface area contributed by atoms with Crippen molar-refractivity contribution in [3.63, 3.8) is 0 Å². The molecule has 0 N–H and O–H groups in total. The molecule has 0 amide bonds. The van der Waals surface area contributed by atoms with E-state index in [0.717, 1.165) is 10.8 Å². The Morgan fingerprint density at radius 1 is 1.44 bits per heavy atom. The fourth-order valence-electron chi connectivity index (χ4n) is 0.551. The van der Waals surface area contributed by atoms with Crippen LogP contribution >= 0.6 is 11.3 Å². The molecule has 0 aliphatic carbocycles. The predicted molar refractivity (Wildman–Crippen MR) is 40.5 cm³/mol. The summed E-state index contributed by atoms with van der Waals surface area (Å²) in [7, 11) is 1.76. The van der Waals surface area contributed by atoms with Gasteiger partial charge in [-0.1, -0.05) is 12.7 Å². The van der Waals surface area contributed by atoms with Crippen LogP contribution in [0.1, 0.15) is 10.6 Å². The molecule has 1 aromatic heterocycles. The summed E-state index contributed by atoms with van der Waals surface area (Å²) < 4.78 is 0. The highest BCUT2D eigenvalue weighted by Gasteiger charge is 1.89. The van der Waals surface area contributed by atoms with Crippen molar-refractivity contribution in [1.82, 2.24) is 4.98 Å². The first-order valence-corrected chi connectivity index (χ1v) is 3.59. The minimum absolute atomic E-state index is 0.880. The van der Waals surface area contributed by atoms with Gasteiger partial charge >= 0.3 is 0 Å². The minimum Gasteiger partial charge on any atom is -0.460 e. The summed E-state index contributed by atoms with van der Waals surface area (Å²) in [6, 6.07) is 0.